The second kappa shape index (κ2) is 15.7. The van der Waals surface area contributed by atoms with E-state index in [-0.39, 0.29) is 29.6 Å². The van der Waals surface area contributed by atoms with Crippen LogP contribution in [0.2, 0.25) is 0 Å². The third-order valence-corrected chi connectivity index (χ3v) is 0. The third kappa shape index (κ3) is 136. The van der Waals surface area contributed by atoms with Crippen molar-refractivity contribution in [2.45, 2.75) is 0 Å². The molecule has 0 fully saturated rings. The molecule has 0 aliphatic carbocycles. The summed E-state index contributed by atoms with van der Waals surface area (Å²) >= 11 is 3.64. The fraction of sp³-hybridized carbons (Fsp3) is 0. The Kier molecular flexibility index (Phi) is 35.2. The van der Waals surface area contributed by atoms with Crippen LogP contribution in [0.15, 0.2) is 0 Å². The van der Waals surface area contributed by atoms with Crippen LogP contribution in [0.25, 0.3) is 0 Å². The van der Waals surface area contributed by atoms with E-state index < -0.39 is 7.32 Å². The molecule has 7 heavy (non-hydrogen) atoms. The van der Waals surface area contributed by atoms with Crippen molar-refractivity contribution in [2.75, 3.05) is 0 Å². The summed E-state index contributed by atoms with van der Waals surface area (Å²) in [5.41, 5.74) is 0. The molecular weight excluding hydrogens is 133 g/mol. The van der Waals surface area contributed by atoms with Gasteiger partial charge in [0.1, 0.15) is 0 Å². The summed E-state index contributed by atoms with van der Waals surface area (Å²) in [6.45, 7) is 0. The molecule has 0 spiro atoms. The monoisotopic (exact) mass is 138 g/mol. The molecular formula is H5BClNaO4. The molecule has 0 rings (SSSR count). The summed E-state index contributed by atoms with van der Waals surface area (Å²) in [5.74, 6) is 0. The van der Waals surface area contributed by atoms with Crippen LogP contribution in [-0.2, 0) is 0 Å². The predicted octanol–water partition coefficient (Wildman–Crippen LogP) is -2.57. The van der Waals surface area contributed by atoms with E-state index in [9.17, 15) is 0 Å². The molecule has 0 atom stereocenters. The van der Waals surface area contributed by atoms with Gasteiger partial charge in [-0.15, -0.1) is 0 Å². The Balaban J connectivity index is -0.0000000480. The van der Waals surface area contributed by atoms with E-state index in [0.717, 1.165) is 0 Å². The maximum atomic E-state index is 7.17. The number of rotatable bonds is 0. The molecule has 0 bridgehead atoms. The third-order valence-electron chi connectivity index (χ3n) is 0. The Hall–Kier alpha value is 1.19. The van der Waals surface area contributed by atoms with Crippen LogP contribution >= 0.6 is 11.9 Å². The standard InChI is InChI=1S/BH3O3.ClHO.Na.H/c2-1(3)4;1-2;;/h2-4H;2H;;. The molecule has 4 N–H and O–H groups in total. The fourth-order valence-corrected chi connectivity index (χ4v) is 0. The topological polar surface area (TPSA) is 80.9 Å². The average Bonchev–Trinajstić information content (AvgIpc) is 1.41. The van der Waals surface area contributed by atoms with Gasteiger partial charge in [-0.25, -0.2) is 0 Å². The summed E-state index contributed by atoms with van der Waals surface area (Å²) in [4.78, 5) is 0. The molecule has 0 amide bonds. The first-order valence-corrected chi connectivity index (χ1v) is 1.28. The maximum absolute atomic E-state index is 7.17. The summed E-state index contributed by atoms with van der Waals surface area (Å²) in [6, 6.07) is 0. The van der Waals surface area contributed by atoms with Crippen molar-refractivity contribution in [3.05, 3.63) is 0 Å². The van der Waals surface area contributed by atoms with Crippen LogP contribution in [0.3, 0.4) is 0 Å². The van der Waals surface area contributed by atoms with Crippen LogP contribution in [0.5, 0.6) is 0 Å². The summed E-state index contributed by atoms with van der Waals surface area (Å²) < 4.78 is 6.47. The van der Waals surface area contributed by atoms with Crippen molar-refractivity contribution in [1.82, 2.24) is 0 Å². The SMILES string of the molecule is OB(O)O.OCl.[NaH]. The molecule has 0 aromatic heterocycles. The zero-order chi connectivity index (χ0) is 5.58. The number of hydrogen-bond acceptors (Lipinski definition) is 4. The van der Waals surface area contributed by atoms with Crippen molar-refractivity contribution >= 4 is 48.7 Å². The van der Waals surface area contributed by atoms with Crippen molar-refractivity contribution < 1.29 is 19.7 Å². The van der Waals surface area contributed by atoms with Crippen molar-refractivity contribution in [3.63, 3.8) is 0 Å². The van der Waals surface area contributed by atoms with Gasteiger partial charge in [0.15, 0.2) is 0 Å². The van der Waals surface area contributed by atoms with Gasteiger partial charge in [0.05, 0.1) is 11.9 Å². The predicted molar refractivity (Wildman–Crippen MR) is 27.6 cm³/mol. The van der Waals surface area contributed by atoms with Crippen molar-refractivity contribution in [3.8, 4) is 0 Å². The Bertz CT molecular complexity index is 16.4. The van der Waals surface area contributed by atoms with Gasteiger partial charge in [0.2, 0.25) is 0 Å². The minimum atomic E-state index is -2.17. The zero-order valence-electron chi connectivity index (χ0n) is 2.74. The summed E-state index contributed by atoms with van der Waals surface area (Å²) in [5, 5.41) is 21.5. The average molecular weight is 138 g/mol. The number of halogens is 1. The first-order chi connectivity index (χ1) is 2.73. The Morgan fingerprint density at radius 2 is 1.00 bits per heavy atom. The fourth-order valence-electron chi connectivity index (χ4n) is 0. The molecule has 40 valence electrons. The first kappa shape index (κ1) is 15.7. The molecule has 0 heterocycles. The van der Waals surface area contributed by atoms with Crippen LogP contribution in [0, 0.1) is 0 Å². The minimum absolute atomic E-state index is 0. The molecule has 0 unspecified atom stereocenters. The molecule has 0 aromatic carbocycles. The van der Waals surface area contributed by atoms with Crippen molar-refractivity contribution in [1.29, 1.82) is 0 Å². The van der Waals surface area contributed by atoms with Gasteiger partial charge < -0.3 is 15.1 Å². The Morgan fingerprint density at radius 3 is 1.00 bits per heavy atom. The van der Waals surface area contributed by atoms with E-state index in [2.05, 4.69) is 11.9 Å². The van der Waals surface area contributed by atoms with Crippen LogP contribution in [-0.4, -0.2) is 56.6 Å². The molecule has 0 saturated heterocycles. The van der Waals surface area contributed by atoms with E-state index in [1.807, 2.05) is 0 Å². The van der Waals surface area contributed by atoms with E-state index in [1.165, 1.54) is 0 Å². The molecule has 4 nitrogen and oxygen atoms in total. The van der Waals surface area contributed by atoms with Crippen LogP contribution < -0.4 is 0 Å². The summed E-state index contributed by atoms with van der Waals surface area (Å²) in [6.07, 6.45) is 0. The van der Waals surface area contributed by atoms with Crippen molar-refractivity contribution in [2.24, 2.45) is 0 Å². The Morgan fingerprint density at radius 1 is 1.00 bits per heavy atom. The van der Waals surface area contributed by atoms with Gasteiger partial charge in [-0.1, -0.05) is 0 Å². The molecule has 0 saturated carbocycles. The zero-order valence-corrected chi connectivity index (χ0v) is 3.50. The summed E-state index contributed by atoms with van der Waals surface area (Å²) in [7, 11) is -2.17. The van der Waals surface area contributed by atoms with E-state index in [4.69, 9.17) is 19.7 Å². The van der Waals surface area contributed by atoms with Gasteiger partial charge in [0, 0.05) is 0 Å². The second-order valence-electron chi connectivity index (χ2n) is 0.346. The van der Waals surface area contributed by atoms with Gasteiger partial charge >= 0.3 is 36.9 Å². The Labute approximate surface area is 68.4 Å². The van der Waals surface area contributed by atoms with Crippen LogP contribution in [0.4, 0.5) is 0 Å². The molecule has 0 aliphatic heterocycles. The normalized spacial score (nSPS) is 4.71. The van der Waals surface area contributed by atoms with Crippen LogP contribution in [0.1, 0.15) is 0 Å². The quantitative estimate of drug-likeness (QED) is 0.277. The first-order valence-electron chi connectivity index (χ1n) is 0.944. The molecule has 0 aromatic rings. The van der Waals surface area contributed by atoms with E-state index in [1.54, 1.807) is 0 Å². The van der Waals surface area contributed by atoms with Gasteiger partial charge in [-0.2, -0.15) is 0 Å². The van der Waals surface area contributed by atoms with E-state index in [0.29, 0.717) is 0 Å². The molecule has 0 radical (unpaired) electrons. The molecule has 0 aliphatic rings. The molecule has 7 heteroatoms. The van der Waals surface area contributed by atoms with Gasteiger partial charge in [-0.3, -0.25) is 4.66 Å². The van der Waals surface area contributed by atoms with Gasteiger partial charge in [-0.05, 0) is 0 Å². The number of hydrogen-bond donors (Lipinski definition) is 4. The second-order valence-corrected chi connectivity index (χ2v) is 0.346. The van der Waals surface area contributed by atoms with E-state index >= 15 is 0 Å². The van der Waals surface area contributed by atoms with Gasteiger partial charge in [0.25, 0.3) is 0 Å².